The Hall–Kier alpha value is -2.08. The van der Waals surface area contributed by atoms with Crippen LogP contribution in [0.25, 0.3) is 11.0 Å². The second kappa shape index (κ2) is 3.74. The van der Waals surface area contributed by atoms with Crippen LogP contribution in [0.15, 0.2) is 40.4 Å². The van der Waals surface area contributed by atoms with Crippen LogP contribution >= 0.6 is 11.8 Å². The molecule has 3 aromatic rings. The molecule has 0 atom stereocenters. The van der Waals surface area contributed by atoms with Crippen LogP contribution in [0.4, 0.5) is 0 Å². The quantitative estimate of drug-likeness (QED) is 0.560. The van der Waals surface area contributed by atoms with E-state index in [9.17, 15) is 10.2 Å². The highest BCUT2D eigenvalue weighted by molar-refractivity contribution is 7.99. The number of benzene rings is 1. The van der Waals surface area contributed by atoms with E-state index in [1.807, 2.05) is 24.3 Å². The number of aromatic amines is 2. The molecular formula is C11H9N3O2S. The van der Waals surface area contributed by atoms with Gasteiger partial charge in [0.25, 0.3) is 0 Å². The molecule has 6 heteroatoms. The first-order chi connectivity index (χ1) is 8.22. The van der Waals surface area contributed by atoms with E-state index in [4.69, 9.17) is 0 Å². The van der Waals surface area contributed by atoms with E-state index in [1.165, 1.54) is 17.8 Å². The van der Waals surface area contributed by atoms with Gasteiger partial charge in [-0.25, -0.2) is 4.98 Å². The fraction of sp³-hybridized carbons (Fsp3) is 0. The van der Waals surface area contributed by atoms with Crippen LogP contribution in [-0.2, 0) is 0 Å². The van der Waals surface area contributed by atoms with E-state index < -0.39 is 0 Å². The number of hydrogen-bond donors (Lipinski definition) is 4. The van der Waals surface area contributed by atoms with Gasteiger partial charge in [-0.05, 0) is 23.9 Å². The minimum atomic E-state index is -0.0684. The van der Waals surface area contributed by atoms with E-state index in [2.05, 4.69) is 15.0 Å². The van der Waals surface area contributed by atoms with Gasteiger partial charge in [-0.15, -0.1) is 0 Å². The molecule has 0 amide bonds. The second-order valence-corrected chi connectivity index (χ2v) is 4.56. The topological polar surface area (TPSA) is 84.9 Å². The van der Waals surface area contributed by atoms with Gasteiger partial charge in [-0.2, -0.15) is 0 Å². The molecule has 0 spiro atoms. The molecule has 0 bridgehead atoms. The highest BCUT2D eigenvalue weighted by Crippen LogP contribution is 2.35. The van der Waals surface area contributed by atoms with Crippen LogP contribution in [0.3, 0.4) is 0 Å². The van der Waals surface area contributed by atoms with Crippen molar-refractivity contribution in [1.29, 1.82) is 0 Å². The number of hydrogen-bond acceptors (Lipinski definition) is 4. The van der Waals surface area contributed by atoms with Crippen LogP contribution in [-0.4, -0.2) is 25.2 Å². The highest BCUT2D eigenvalue weighted by atomic mass is 32.2. The van der Waals surface area contributed by atoms with Crippen molar-refractivity contribution in [2.75, 3.05) is 0 Å². The molecule has 86 valence electrons. The number of nitrogens with one attached hydrogen (secondary N) is 2. The molecule has 5 nitrogen and oxygen atoms in total. The Balaban J connectivity index is 1.97. The Morgan fingerprint density at radius 3 is 2.65 bits per heavy atom. The molecule has 0 radical (unpaired) electrons. The van der Waals surface area contributed by atoms with Gasteiger partial charge in [0, 0.05) is 6.07 Å². The second-order valence-electron chi connectivity index (χ2n) is 3.53. The maximum Gasteiger partial charge on any atom is 0.205 e. The van der Waals surface area contributed by atoms with Crippen LogP contribution in [0.1, 0.15) is 0 Å². The van der Waals surface area contributed by atoms with E-state index in [0.717, 1.165) is 11.0 Å². The number of aromatic nitrogens is 3. The van der Waals surface area contributed by atoms with Crippen LogP contribution in [0.2, 0.25) is 0 Å². The van der Waals surface area contributed by atoms with Gasteiger partial charge in [-0.3, -0.25) is 4.98 Å². The first kappa shape index (κ1) is 10.1. The molecule has 2 aromatic heterocycles. The summed E-state index contributed by atoms with van der Waals surface area (Å²) in [6, 6.07) is 9.13. The van der Waals surface area contributed by atoms with Gasteiger partial charge >= 0.3 is 0 Å². The molecule has 0 aliphatic rings. The number of rotatable bonds is 2. The van der Waals surface area contributed by atoms with Crippen LogP contribution < -0.4 is 0 Å². The van der Waals surface area contributed by atoms with Crippen molar-refractivity contribution < 1.29 is 10.2 Å². The molecule has 1 aromatic carbocycles. The third kappa shape index (κ3) is 1.83. The third-order valence-corrected chi connectivity index (χ3v) is 3.24. The Bertz CT molecular complexity index is 641. The predicted molar refractivity (Wildman–Crippen MR) is 64.3 cm³/mol. The number of para-hydroxylation sites is 2. The standard InChI is InChI=1S/C11H9N3O2S/c15-9-5-8(10(16)14-9)17-11-12-6-3-1-2-4-7(6)13-11/h1-5,14-16H,(H,12,13). The summed E-state index contributed by atoms with van der Waals surface area (Å²) < 4.78 is 0. The lowest BCUT2D eigenvalue weighted by Crippen LogP contribution is -1.73. The average molecular weight is 247 g/mol. The molecule has 0 saturated carbocycles. The monoisotopic (exact) mass is 247 g/mol. The highest BCUT2D eigenvalue weighted by Gasteiger charge is 2.10. The third-order valence-electron chi connectivity index (χ3n) is 2.32. The fourth-order valence-corrected chi connectivity index (χ4v) is 2.40. The SMILES string of the molecule is Oc1cc(Sc2nc3ccccc3[nH]2)c(O)[nH]1. The zero-order valence-electron chi connectivity index (χ0n) is 8.64. The molecule has 0 aliphatic carbocycles. The number of H-pyrrole nitrogens is 2. The minimum Gasteiger partial charge on any atom is -0.494 e. The van der Waals surface area contributed by atoms with Gasteiger partial charge < -0.3 is 15.2 Å². The summed E-state index contributed by atoms with van der Waals surface area (Å²) in [6.45, 7) is 0. The minimum absolute atomic E-state index is 0.0621. The van der Waals surface area contributed by atoms with Crippen LogP contribution in [0, 0.1) is 0 Å². The molecule has 0 aliphatic heterocycles. The van der Waals surface area contributed by atoms with Gasteiger partial charge in [0.1, 0.15) is 0 Å². The summed E-state index contributed by atoms with van der Waals surface area (Å²) in [7, 11) is 0. The average Bonchev–Trinajstić information content (AvgIpc) is 2.82. The van der Waals surface area contributed by atoms with E-state index in [1.54, 1.807) is 0 Å². The summed E-state index contributed by atoms with van der Waals surface area (Å²) >= 11 is 1.25. The largest absolute Gasteiger partial charge is 0.494 e. The van der Waals surface area contributed by atoms with E-state index in [0.29, 0.717) is 10.1 Å². The van der Waals surface area contributed by atoms with Gasteiger partial charge in [-0.1, -0.05) is 12.1 Å². The lowest BCUT2D eigenvalue weighted by molar-refractivity contribution is 0.421. The molecule has 0 unspecified atom stereocenters. The molecular weight excluding hydrogens is 238 g/mol. The Morgan fingerprint density at radius 1 is 1.12 bits per heavy atom. The molecule has 0 fully saturated rings. The van der Waals surface area contributed by atoms with Crippen molar-refractivity contribution in [3.8, 4) is 11.8 Å². The molecule has 2 heterocycles. The summed E-state index contributed by atoms with van der Waals surface area (Å²) in [5.41, 5.74) is 1.81. The van der Waals surface area contributed by atoms with Crippen molar-refractivity contribution in [2.24, 2.45) is 0 Å². The summed E-state index contributed by atoms with van der Waals surface area (Å²) in [5, 5.41) is 19.3. The summed E-state index contributed by atoms with van der Waals surface area (Å²) in [5.74, 6) is -0.130. The molecule has 4 N–H and O–H groups in total. The van der Waals surface area contributed by atoms with Gasteiger partial charge in [0.2, 0.25) is 5.88 Å². The van der Waals surface area contributed by atoms with Gasteiger partial charge in [0.15, 0.2) is 11.0 Å². The van der Waals surface area contributed by atoms with Crippen molar-refractivity contribution in [3.05, 3.63) is 30.3 Å². The number of fused-ring (bicyclic) bond motifs is 1. The smallest absolute Gasteiger partial charge is 0.205 e. The zero-order chi connectivity index (χ0) is 11.8. The predicted octanol–water partition coefficient (Wildman–Crippen LogP) is 2.45. The van der Waals surface area contributed by atoms with E-state index >= 15 is 0 Å². The maximum absolute atomic E-state index is 9.49. The van der Waals surface area contributed by atoms with Crippen molar-refractivity contribution >= 4 is 22.8 Å². The maximum atomic E-state index is 9.49. The Morgan fingerprint density at radius 2 is 1.94 bits per heavy atom. The molecule has 3 rings (SSSR count). The molecule has 17 heavy (non-hydrogen) atoms. The summed E-state index contributed by atoms with van der Waals surface area (Å²) in [4.78, 5) is 10.4. The van der Waals surface area contributed by atoms with Crippen LogP contribution in [0.5, 0.6) is 11.8 Å². The Labute approximate surface area is 101 Å². The molecule has 0 saturated heterocycles. The van der Waals surface area contributed by atoms with Crippen molar-refractivity contribution in [1.82, 2.24) is 15.0 Å². The lowest BCUT2D eigenvalue weighted by Gasteiger charge is -1.92. The number of nitrogens with zero attached hydrogens (tertiary/aromatic N) is 1. The van der Waals surface area contributed by atoms with Crippen molar-refractivity contribution in [3.63, 3.8) is 0 Å². The first-order valence-corrected chi connectivity index (χ1v) is 5.77. The normalized spacial score (nSPS) is 11.1. The van der Waals surface area contributed by atoms with Crippen molar-refractivity contribution in [2.45, 2.75) is 10.1 Å². The summed E-state index contributed by atoms with van der Waals surface area (Å²) in [6.07, 6.45) is 0. The Kier molecular flexibility index (Phi) is 2.22. The zero-order valence-corrected chi connectivity index (χ0v) is 9.45. The van der Waals surface area contributed by atoms with Gasteiger partial charge in [0.05, 0.1) is 15.9 Å². The first-order valence-electron chi connectivity index (χ1n) is 4.96. The number of imidazole rings is 1. The van der Waals surface area contributed by atoms with E-state index in [-0.39, 0.29) is 11.8 Å². The lowest BCUT2D eigenvalue weighted by atomic mass is 10.3. The fourth-order valence-electron chi connectivity index (χ4n) is 1.57. The number of aromatic hydroxyl groups is 2.